The molecule has 0 saturated heterocycles. The second-order valence-electron chi connectivity index (χ2n) is 9.06. The van der Waals surface area contributed by atoms with Gasteiger partial charge in [-0.05, 0) is 79.8 Å². The molecule has 0 aliphatic heterocycles. The minimum absolute atomic E-state index is 0.00984. The molecule has 0 heterocycles. The molecule has 0 bridgehead atoms. The maximum absolute atomic E-state index is 13.8. The van der Waals surface area contributed by atoms with E-state index in [4.69, 9.17) is 23.2 Å². The standard InChI is InChI=1S/C29H28Cl2O2S/c1-19-5-7-20(8-6-19)18-34-27-4-2-3-23(17-26(32)21-9-13-24(30)14-10-21)28(27)29(33)22-11-15-25(31)16-12-22/h5-16,23,27-28H,2-4,17-18H2,1H3/t23-,27-,28-/m1/s1. The van der Waals surface area contributed by atoms with Crippen LogP contribution in [0.1, 0.15) is 57.5 Å². The molecule has 3 atom stereocenters. The zero-order valence-corrected chi connectivity index (χ0v) is 21.5. The lowest BCUT2D eigenvalue weighted by Gasteiger charge is -2.37. The van der Waals surface area contributed by atoms with Crippen LogP contribution in [-0.4, -0.2) is 16.8 Å². The van der Waals surface area contributed by atoms with Crippen LogP contribution in [0.15, 0.2) is 72.8 Å². The predicted octanol–water partition coefficient (Wildman–Crippen LogP) is 8.48. The Hall–Kier alpha value is -2.07. The molecule has 3 aromatic carbocycles. The zero-order chi connectivity index (χ0) is 24.1. The van der Waals surface area contributed by atoms with E-state index in [1.807, 2.05) is 11.8 Å². The van der Waals surface area contributed by atoms with Gasteiger partial charge in [-0.3, -0.25) is 9.59 Å². The number of benzene rings is 3. The van der Waals surface area contributed by atoms with Gasteiger partial charge in [0.05, 0.1) is 0 Å². The largest absolute Gasteiger partial charge is 0.294 e. The molecule has 3 aromatic rings. The lowest BCUT2D eigenvalue weighted by molar-refractivity contribution is 0.0793. The van der Waals surface area contributed by atoms with E-state index in [1.54, 1.807) is 48.5 Å². The SMILES string of the molecule is Cc1ccc(CS[C@@H]2CCC[C@H](CC(=O)c3ccc(Cl)cc3)[C@H]2C(=O)c2ccc(Cl)cc2)cc1. The zero-order valence-electron chi connectivity index (χ0n) is 19.2. The van der Waals surface area contributed by atoms with Crippen molar-refractivity contribution < 1.29 is 9.59 Å². The van der Waals surface area contributed by atoms with Crippen LogP contribution in [-0.2, 0) is 5.75 Å². The highest BCUT2D eigenvalue weighted by Gasteiger charge is 2.39. The number of hydrogen-bond donors (Lipinski definition) is 0. The average molecular weight is 512 g/mol. The summed E-state index contributed by atoms with van der Waals surface area (Å²) in [6.07, 6.45) is 3.25. The van der Waals surface area contributed by atoms with Gasteiger partial charge in [-0.1, -0.05) is 59.5 Å². The van der Waals surface area contributed by atoms with Gasteiger partial charge in [0.2, 0.25) is 0 Å². The summed E-state index contributed by atoms with van der Waals surface area (Å²) in [4.78, 5) is 26.9. The lowest BCUT2D eigenvalue weighted by atomic mass is 9.72. The summed E-state index contributed by atoms with van der Waals surface area (Å²) in [7, 11) is 0. The molecular formula is C29H28Cl2O2S. The number of Topliss-reactive ketones (excluding diaryl/α,β-unsaturated/α-hetero) is 2. The van der Waals surface area contributed by atoms with E-state index in [-0.39, 0.29) is 28.7 Å². The van der Waals surface area contributed by atoms with Crippen molar-refractivity contribution in [2.24, 2.45) is 11.8 Å². The summed E-state index contributed by atoms with van der Waals surface area (Å²) in [5.41, 5.74) is 3.81. The fourth-order valence-electron chi connectivity index (χ4n) is 4.73. The molecule has 5 heteroatoms. The molecule has 0 amide bonds. The molecule has 0 N–H and O–H groups in total. The molecule has 0 spiro atoms. The second kappa shape index (κ2) is 11.6. The molecule has 2 nitrogen and oxygen atoms in total. The first kappa shape index (κ1) is 25.0. The van der Waals surface area contributed by atoms with Gasteiger partial charge in [0, 0.05) is 44.5 Å². The monoisotopic (exact) mass is 510 g/mol. The molecule has 0 radical (unpaired) electrons. The van der Waals surface area contributed by atoms with E-state index in [0.717, 1.165) is 25.0 Å². The Morgan fingerprint density at radius 1 is 0.824 bits per heavy atom. The summed E-state index contributed by atoms with van der Waals surface area (Å²) in [5, 5.41) is 1.39. The van der Waals surface area contributed by atoms with Crippen LogP contribution >= 0.6 is 35.0 Å². The smallest absolute Gasteiger partial charge is 0.167 e. The van der Waals surface area contributed by atoms with Gasteiger partial charge in [-0.2, -0.15) is 11.8 Å². The summed E-state index contributed by atoms with van der Waals surface area (Å²) in [6, 6.07) is 22.7. The first-order valence-corrected chi connectivity index (χ1v) is 13.5. The lowest BCUT2D eigenvalue weighted by Crippen LogP contribution is -2.38. The number of carbonyl (C=O) groups excluding carboxylic acids is 2. The third kappa shape index (κ3) is 6.33. The summed E-state index contributed by atoms with van der Waals surface area (Å²) in [6.45, 7) is 2.08. The van der Waals surface area contributed by atoms with Crippen LogP contribution in [0.2, 0.25) is 10.0 Å². The van der Waals surface area contributed by atoms with Crippen molar-refractivity contribution in [3.63, 3.8) is 0 Å². The Morgan fingerprint density at radius 3 is 2.03 bits per heavy atom. The third-order valence-electron chi connectivity index (χ3n) is 6.60. The average Bonchev–Trinajstić information content (AvgIpc) is 2.84. The molecular weight excluding hydrogens is 483 g/mol. The minimum Gasteiger partial charge on any atom is -0.294 e. The first-order chi connectivity index (χ1) is 16.4. The molecule has 0 aromatic heterocycles. The second-order valence-corrected chi connectivity index (χ2v) is 11.2. The van der Waals surface area contributed by atoms with Crippen molar-refractivity contribution in [1.29, 1.82) is 0 Å². The van der Waals surface area contributed by atoms with Crippen LogP contribution in [0.4, 0.5) is 0 Å². The molecule has 1 saturated carbocycles. The number of ketones is 2. The Morgan fingerprint density at radius 2 is 1.41 bits per heavy atom. The number of carbonyl (C=O) groups is 2. The van der Waals surface area contributed by atoms with E-state index < -0.39 is 0 Å². The molecule has 176 valence electrons. The summed E-state index contributed by atoms with van der Waals surface area (Å²) >= 11 is 13.9. The fraction of sp³-hybridized carbons (Fsp3) is 0.310. The van der Waals surface area contributed by atoms with Crippen LogP contribution in [0.3, 0.4) is 0 Å². The summed E-state index contributed by atoms with van der Waals surface area (Å²) in [5.74, 6) is 0.844. The Labute approximate surface area is 216 Å². The molecule has 1 fully saturated rings. The van der Waals surface area contributed by atoms with Gasteiger partial charge < -0.3 is 0 Å². The number of halogens is 2. The van der Waals surface area contributed by atoms with Crippen molar-refractivity contribution in [1.82, 2.24) is 0 Å². The van der Waals surface area contributed by atoms with Crippen molar-refractivity contribution in [2.45, 2.75) is 43.6 Å². The number of hydrogen-bond acceptors (Lipinski definition) is 3. The van der Waals surface area contributed by atoms with Gasteiger partial charge in [0.25, 0.3) is 0 Å². The van der Waals surface area contributed by atoms with Gasteiger partial charge >= 0.3 is 0 Å². The molecule has 1 aliphatic carbocycles. The molecule has 4 rings (SSSR count). The van der Waals surface area contributed by atoms with Crippen LogP contribution in [0.5, 0.6) is 0 Å². The quantitative estimate of drug-likeness (QED) is 0.285. The van der Waals surface area contributed by atoms with Crippen LogP contribution in [0, 0.1) is 18.8 Å². The highest BCUT2D eigenvalue weighted by molar-refractivity contribution is 7.99. The van der Waals surface area contributed by atoms with Crippen molar-refractivity contribution in [3.8, 4) is 0 Å². The van der Waals surface area contributed by atoms with E-state index in [9.17, 15) is 9.59 Å². The predicted molar refractivity (Wildman–Crippen MR) is 143 cm³/mol. The fourth-order valence-corrected chi connectivity index (χ4v) is 6.47. The van der Waals surface area contributed by atoms with Crippen molar-refractivity contribution in [2.75, 3.05) is 0 Å². The van der Waals surface area contributed by atoms with Crippen molar-refractivity contribution >= 4 is 46.5 Å². The van der Waals surface area contributed by atoms with E-state index >= 15 is 0 Å². The maximum Gasteiger partial charge on any atom is 0.167 e. The number of rotatable bonds is 8. The molecule has 34 heavy (non-hydrogen) atoms. The van der Waals surface area contributed by atoms with Gasteiger partial charge in [0.1, 0.15) is 0 Å². The van der Waals surface area contributed by atoms with Gasteiger partial charge in [-0.15, -0.1) is 0 Å². The normalized spacial score (nSPS) is 20.1. The first-order valence-electron chi connectivity index (χ1n) is 11.7. The van der Waals surface area contributed by atoms with E-state index in [0.29, 0.717) is 27.6 Å². The molecule has 0 unspecified atom stereocenters. The highest BCUT2D eigenvalue weighted by atomic mass is 35.5. The Bertz CT molecular complexity index is 1120. The minimum atomic E-state index is -0.207. The third-order valence-corrected chi connectivity index (χ3v) is 8.56. The summed E-state index contributed by atoms with van der Waals surface area (Å²) < 4.78 is 0. The van der Waals surface area contributed by atoms with Crippen LogP contribution < -0.4 is 0 Å². The Balaban J connectivity index is 1.56. The van der Waals surface area contributed by atoms with Gasteiger partial charge in [0.15, 0.2) is 11.6 Å². The number of thioether (sulfide) groups is 1. The Kier molecular flexibility index (Phi) is 8.52. The van der Waals surface area contributed by atoms with Crippen molar-refractivity contribution in [3.05, 3.63) is 105 Å². The van der Waals surface area contributed by atoms with Gasteiger partial charge in [-0.25, -0.2) is 0 Å². The van der Waals surface area contributed by atoms with E-state index in [1.165, 1.54) is 11.1 Å². The van der Waals surface area contributed by atoms with E-state index in [2.05, 4.69) is 31.2 Å². The molecule has 1 aliphatic rings. The maximum atomic E-state index is 13.8. The number of aryl methyl sites for hydroxylation is 1. The van der Waals surface area contributed by atoms with Crippen LogP contribution in [0.25, 0.3) is 0 Å². The highest BCUT2D eigenvalue weighted by Crippen LogP contribution is 2.42. The topological polar surface area (TPSA) is 34.1 Å².